The maximum Gasteiger partial charge on any atom is 0.200 e. The van der Waals surface area contributed by atoms with Gasteiger partial charge in [-0.15, -0.1) is 10.2 Å². The quantitative estimate of drug-likeness (QED) is 0.710. The molecule has 0 spiro atoms. The molecule has 0 aliphatic heterocycles. The second-order valence-corrected chi connectivity index (χ2v) is 5.74. The van der Waals surface area contributed by atoms with E-state index in [1.807, 2.05) is 45.0 Å². The van der Waals surface area contributed by atoms with E-state index < -0.39 is 0 Å². The molecule has 0 bridgehead atoms. The zero-order valence-electron chi connectivity index (χ0n) is 15.0. The molecule has 2 aromatic heterocycles. The lowest BCUT2D eigenvalue weighted by atomic mass is 10.1. The fourth-order valence-corrected chi connectivity index (χ4v) is 2.71. The molecule has 3 aromatic rings. The van der Waals surface area contributed by atoms with Gasteiger partial charge in [0, 0.05) is 6.04 Å². The van der Waals surface area contributed by atoms with Crippen LogP contribution in [0.2, 0.25) is 0 Å². The highest BCUT2D eigenvalue weighted by Gasteiger charge is 2.14. The number of benzene rings is 1. The molecule has 3 rings (SSSR count). The summed E-state index contributed by atoms with van der Waals surface area (Å²) in [5, 5.41) is 15.9. The summed E-state index contributed by atoms with van der Waals surface area (Å²) in [6, 6.07) is 8.03. The van der Waals surface area contributed by atoms with Crippen LogP contribution < -0.4 is 14.8 Å². The molecule has 0 saturated carbocycles. The lowest BCUT2D eigenvalue weighted by Gasteiger charge is -2.18. The van der Waals surface area contributed by atoms with E-state index in [2.05, 4.69) is 27.5 Å². The SMILES string of the molecule is CCOc1ccc(C(C)Nc2cc(C)nn3cnnc23)cc1OCC. The number of aromatic nitrogens is 4. The first-order valence-corrected chi connectivity index (χ1v) is 8.46. The number of aryl methyl sites for hydroxylation is 1. The Balaban J connectivity index is 1.88. The molecule has 0 amide bonds. The van der Waals surface area contributed by atoms with Gasteiger partial charge in [-0.2, -0.15) is 9.61 Å². The molecule has 1 unspecified atom stereocenters. The highest BCUT2D eigenvalue weighted by molar-refractivity contribution is 5.67. The van der Waals surface area contributed by atoms with Gasteiger partial charge in [0.1, 0.15) is 6.33 Å². The van der Waals surface area contributed by atoms with Gasteiger partial charge in [-0.1, -0.05) is 6.07 Å². The summed E-state index contributed by atoms with van der Waals surface area (Å²) in [4.78, 5) is 0. The Bertz CT molecular complexity index is 862. The van der Waals surface area contributed by atoms with Crippen molar-refractivity contribution in [2.75, 3.05) is 18.5 Å². The van der Waals surface area contributed by atoms with Crippen molar-refractivity contribution in [2.24, 2.45) is 0 Å². The third-order valence-corrected chi connectivity index (χ3v) is 3.83. The molecule has 0 radical (unpaired) electrons. The normalized spacial score (nSPS) is 12.2. The van der Waals surface area contributed by atoms with Crippen molar-refractivity contribution in [1.82, 2.24) is 19.8 Å². The zero-order chi connectivity index (χ0) is 17.8. The lowest BCUT2D eigenvalue weighted by Crippen LogP contribution is -2.10. The van der Waals surface area contributed by atoms with Gasteiger partial charge in [-0.3, -0.25) is 0 Å². The Kier molecular flexibility index (Phi) is 5.02. The molecule has 0 aliphatic rings. The minimum atomic E-state index is 0.0529. The summed E-state index contributed by atoms with van der Waals surface area (Å²) < 4.78 is 13.0. The Morgan fingerprint density at radius 2 is 1.88 bits per heavy atom. The fourth-order valence-electron chi connectivity index (χ4n) is 2.71. The molecule has 132 valence electrons. The minimum absolute atomic E-state index is 0.0529. The Labute approximate surface area is 147 Å². The summed E-state index contributed by atoms with van der Waals surface area (Å²) in [7, 11) is 0. The van der Waals surface area contributed by atoms with E-state index in [-0.39, 0.29) is 6.04 Å². The van der Waals surface area contributed by atoms with Crippen LogP contribution in [0.3, 0.4) is 0 Å². The number of ether oxygens (including phenoxy) is 2. The highest BCUT2D eigenvalue weighted by atomic mass is 16.5. The zero-order valence-corrected chi connectivity index (χ0v) is 15.0. The summed E-state index contributed by atoms with van der Waals surface area (Å²) in [5.74, 6) is 1.52. The van der Waals surface area contributed by atoms with Crippen molar-refractivity contribution in [3.8, 4) is 11.5 Å². The van der Waals surface area contributed by atoms with Crippen LogP contribution in [0.5, 0.6) is 11.5 Å². The van der Waals surface area contributed by atoms with Crippen LogP contribution in [-0.2, 0) is 0 Å². The maximum absolute atomic E-state index is 5.72. The highest BCUT2D eigenvalue weighted by Crippen LogP contribution is 2.32. The smallest absolute Gasteiger partial charge is 0.200 e. The molecule has 0 saturated heterocycles. The van der Waals surface area contributed by atoms with Crippen LogP contribution in [0, 0.1) is 6.92 Å². The first-order valence-electron chi connectivity index (χ1n) is 8.46. The van der Waals surface area contributed by atoms with E-state index >= 15 is 0 Å². The third-order valence-electron chi connectivity index (χ3n) is 3.83. The van der Waals surface area contributed by atoms with Crippen LogP contribution in [-0.4, -0.2) is 33.0 Å². The van der Waals surface area contributed by atoms with Gasteiger partial charge in [0.05, 0.1) is 24.6 Å². The number of fused-ring (bicyclic) bond motifs is 1. The predicted molar refractivity (Wildman–Crippen MR) is 96.3 cm³/mol. The first kappa shape index (κ1) is 17.0. The van der Waals surface area contributed by atoms with Crippen molar-refractivity contribution in [3.63, 3.8) is 0 Å². The number of anilines is 1. The number of nitrogens with one attached hydrogen (secondary N) is 1. The Morgan fingerprint density at radius 1 is 1.12 bits per heavy atom. The van der Waals surface area contributed by atoms with Gasteiger partial charge in [0.2, 0.25) is 5.65 Å². The van der Waals surface area contributed by atoms with Gasteiger partial charge in [0.25, 0.3) is 0 Å². The van der Waals surface area contributed by atoms with Crippen LogP contribution in [0.4, 0.5) is 5.69 Å². The van der Waals surface area contributed by atoms with Crippen LogP contribution in [0.25, 0.3) is 5.65 Å². The summed E-state index contributed by atoms with van der Waals surface area (Å²) >= 11 is 0. The average molecular weight is 341 g/mol. The standard InChI is InChI=1S/C18H23N5O2/c1-5-24-16-8-7-14(10-17(16)25-6-2)13(4)20-15-9-12(3)22-23-11-19-21-18(15)23/h7-11,13,20H,5-6H2,1-4H3. The monoisotopic (exact) mass is 341 g/mol. The van der Waals surface area contributed by atoms with Crippen LogP contribution >= 0.6 is 0 Å². The van der Waals surface area contributed by atoms with Crippen molar-refractivity contribution < 1.29 is 9.47 Å². The van der Waals surface area contributed by atoms with Gasteiger partial charge >= 0.3 is 0 Å². The molecule has 1 aromatic carbocycles. The van der Waals surface area contributed by atoms with Crippen molar-refractivity contribution in [2.45, 2.75) is 33.7 Å². The molecule has 25 heavy (non-hydrogen) atoms. The third kappa shape index (κ3) is 3.65. The largest absolute Gasteiger partial charge is 0.490 e. The molecule has 1 N–H and O–H groups in total. The predicted octanol–water partition coefficient (Wildman–Crippen LogP) is 3.40. The van der Waals surface area contributed by atoms with Crippen LogP contribution in [0.15, 0.2) is 30.6 Å². The van der Waals surface area contributed by atoms with Gasteiger partial charge < -0.3 is 14.8 Å². The Morgan fingerprint density at radius 3 is 2.64 bits per heavy atom. The number of nitrogens with zero attached hydrogens (tertiary/aromatic N) is 4. The molecule has 1 atom stereocenters. The molecular formula is C18H23N5O2. The second-order valence-electron chi connectivity index (χ2n) is 5.74. The van der Waals surface area contributed by atoms with E-state index in [1.165, 1.54) is 0 Å². The lowest BCUT2D eigenvalue weighted by molar-refractivity contribution is 0.287. The molecular weight excluding hydrogens is 318 g/mol. The Hall–Kier alpha value is -2.83. The number of hydrogen-bond donors (Lipinski definition) is 1. The summed E-state index contributed by atoms with van der Waals surface area (Å²) in [6.45, 7) is 9.16. The van der Waals surface area contributed by atoms with Gasteiger partial charge in [-0.25, -0.2) is 0 Å². The van der Waals surface area contributed by atoms with Gasteiger partial charge in [-0.05, 0) is 51.5 Å². The molecule has 7 nitrogen and oxygen atoms in total. The summed E-state index contributed by atoms with van der Waals surface area (Å²) in [6.07, 6.45) is 1.60. The first-order chi connectivity index (χ1) is 12.1. The topological polar surface area (TPSA) is 73.6 Å². The average Bonchev–Trinajstić information content (AvgIpc) is 3.05. The summed E-state index contributed by atoms with van der Waals surface area (Å²) in [5.41, 5.74) is 3.58. The van der Waals surface area contributed by atoms with Crippen LogP contribution in [0.1, 0.15) is 38.1 Å². The van der Waals surface area contributed by atoms with Crippen molar-refractivity contribution >= 4 is 11.3 Å². The van der Waals surface area contributed by atoms with E-state index in [9.17, 15) is 0 Å². The van der Waals surface area contributed by atoms with Gasteiger partial charge in [0.15, 0.2) is 11.5 Å². The number of hydrogen-bond acceptors (Lipinski definition) is 6. The van der Waals surface area contributed by atoms with E-state index in [0.29, 0.717) is 18.9 Å². The van der Waals surface area contributed by atoms with E-state index in [4.69, 9.17) is 9.47 Å². The van der Waals surface area contributed by atoms with Crippen molar-refractivity contribution in [1.29, 1.82) is 0 Å². The fraction of sp³-hybridized carbons (Fsp3) is 0.389. The molecule has 2 heterocycles. The number of rotatable bonds is 7. The van der Waals surface area contributed by atoms with E-state index in [0.717, 1.165) is 28.4 Å². The van der Waals surface area contributed by atoms with Crippen molar-refractivity contribution in [3.05, 3.63) is 41.9 Å². The maximum atomic E-state index is 5.72. The molecule has 0 aliphatic carbocycles. The molecule has 0 fully saturated rings. The minimum Gasteiger partial charge on any atom is -0.490 e. The van der Waals surface area contributed by atoms with E-state index in [1.54, 1.807) is 10.8 Å². The molecule has 7 heteroatoms. The second kappa shape index (κ2) is 7.38.